The summed E-state index contributed by atoms with van der Waals surface area (Å²) in [7, 11) is 3.00. The third-order valence-electron chi connectivity index (χ3n) is 3.28. The molecule has 5 heteroatoms. The molecule has 0 spiro atoms. The molecule has 0 saturated carbocycles. The van der Waals surface area contributed by atoms with Gasteiger partial charge >= 0.3 is 5.97 Å². The van der Waals surface area contributed by atoms with Gasteiger partial charge in [0.15, 0.2) is 0 Å². The van der Waals surface area contributed by atoms with E-state index in [9.17, 15) is 4.79 Å². The van der Waals surface area contributed by atoms with E-state index in [1.807, 2.05) is 42.5 Å². The topological polar surface area (TPSA) is 47.6 Å². The summed E-state index contributed by atoms with van der Waals surface area (Å²) in [6.45, 7) is 0. The van der Waals surface area contributed by atoms with Gasteiger partial charge in [0, 0.05) is 10.7 Å². The zero-order valence-corrected chi connectivity index (χ0v) is 13.3. The van der Waals surface area contributed by atoms with E-state index in [-0.39, 0.29) is 18.4 Å². The van der Waals surface area contributed by atoms with Gasteiger partial charge in [-0.3, -0.25) is 4.79 Å². The summed E-state index contributed by atoms with van der Waals surface area (Å²) in [5, 5.41) is 3.95. The van der Waals surface area contributed by atoms with Gasteiger partial charge in [-0.05, 0) is 42.0 Å². The Morgan fingerprint density at radius 1 is 1.18 bits per heavy atom. The SMILES string of the molecule is COC(=O)C[C@H](Nc1ccc(OC)cc1)c1cccc(Cl)c1. The summed E-state index contributed by atoms with van der Waals surface area (Å²) in [5.74, 6) is 0.490. The molecule has 116 valence electrons. The van der Waals surface area contributed by atoms with Gasteiger partial charge in [-0.25, -0.2) is 0 Å². The number of benzene rings is 2. The van der Waals surface area contributed by atoms with Crippen LogP contribution in [0.2, 0.25) is 5.02 Å². The molecule has 22 heavy (non-hydrogen) atoms. The van der Waals surface area contributed by atoms with Crippen molar-refractivity contribution in [2.24, 2.45) is 0 Å². The lowest BCUT2D eigenvalue weighted by Crippen LogP contribution is -2.16. The summed E-state index contributed by atoms with van der Waals surface area (Å²) in [6.07, 6.45) is 0.211. The van der Waals surface area contributed by atoms with E-state index in [4.69, 9.17) is 21.1 Å². The van der Waals surface area contributed by atoms with Crippen molar-refractivity contribution in [1.29, 1.82) is 0 Å². The summed E-state index contributed by atoms with van der Waals surface area (Å²) in [6, 6.07) is 14.7. The molecule has 1 N–H and O–H groups in total. The average molecular weight is 320 g/mol. The highest BCUT2D eigenvalue weighted by atomic mass is 35.5. The first-order valence-corrected chi connectivity index (χ1v) is 7.23. The fourth-order valence-corrected chi connectivity index (χ4v) is 2.31. The molecule has 2 aromatic carbocycles. The number of methoxy groups -OCH3 is 2. The first kappa shape index (κ1) is 16.2. The van der Waals surface area contributed by atoms with Crippen LogP contribution in [0.3, 0.4) is 0 Å². The van der Waals surface area contributed by atoms with Crippen molar-refractivity contribution < 1.29 is 14.3 Å². The van der Waals surface area contributed by atoms with Gasteiger partial charge in [0.1, 0.15) is 5.75 Å². The maximum Gasteiger partial charge on any atom is 0.307 e. The highest BCUT2D eigenvalue weighted by Crippen LogP contribution is 2.26. The van der Waals surface area contributed by atoms with Gasteiger partial charge in [-0.1, -0.05) is 23.7 Å². The Morgan fingerprint density at radius 3 is 2.50 bits per heavy atom. The van der Waals surface area contributed by atoms with Crippen LogP contribution < -0.4 is 10.1 Å². The number of rotatable bonds is 6. The van der Waals surface area contributed by atoms with E-state index in [2.05, 4.69) is 5.32 Å². The number of ether oxygens (including phenoxy) is 2. The molecule has 1 atom stereocenters. The number of carbonyl (C=O) groups is 1. The lowest BCUT2D eigenvalue weighted by molar-refractivity contribution is -0.140. The summed E-state index contributed by atoms with van der Waals surface area (Å²) < 4.78 is 9.91. The van der Waals surface area contributed by atoms with E-state index in [1.165, 1.54) is 7.11 Å². The maximum atomic E-state index is 11.7. The van der Waals surface area contributed by atoms with E-state index in [1.54, 1.807) is 13.2 Å². The molecule has 0 aromatic heterocycles. The Balaban J connectivity index is 2.21. The first-order chi connectivity index (χ1) is 10.6. The molecular formula is C17H18ClNO3. The second kappa shape index (κ2) is 7.71. The molecule has 0 bridgehead atoms. The monoisotopic (exact) mass is 319 g/mol. The highest BCUT2D eigenvalue weighted by molar-refractivity contribution is 6.30. The predicted octanol–water partition coefficient (Wildman–Crippen LogP) is 4.06. The molecule has 0 heterocycles. The van der Waals surface area contributed by atoms with Crippen LogP contribution in [0.15, 0.2) is 48.5 Å². The molecule has 0 aliphatic heterocycles. The minimum absolute atomic E-state index is 0.211. The van der Waals surface area contributed by atoms with E-state index >= 15 is 0 Å². The minimum atomic E-state index is -0.286. The molecule has 0 radical (unpaired) electrons. The van der Waals surface area contributed by atoms with Crippen LogP contribution in [0.1, 0.15) is 18.0 Å². The fraction of sp³-hybridized carbons (Fsp3) is 0.235. The Hall–Kier alpha value is -2.20. The Labute approximate surface area is 135 Å². The second-order valence-corrected chi connectivity index (χ2v) is 5.20. The third kappa shape index (κ3) is 4.40. The summed E-state index contributed by atoms with van der Waals surface area (Å²) in [4.78, 5) is 11.7. The van der Waals surface area contributed by atoms with E-state index in [0.29, 0.717) is 5.02 Å². The number of halogens is 1. The average Bonchev–Trinajstić information content (AvgIpc) is 2.54. The molecular weight excluding hydrogens is 302 g/mol. The summed E-state index contributed by atoms with van der Waals surface area (Å²) >= 11 is 6.04. The zero-order chi connectivity index (χ0) is 15.9. The Morgan fingerprint density at radius 2 is 1.91 bits per heavy atom. The summed E-state index contributed by atoms with van der Waals surface area (Å²) in [5.41, 5.74) is 1.81. The number of anilines is 1. The van der Waals surface area contributed by atoms with Crippen molar-refractivity contribution >= 4 is 23.3 Å². The van der Waals surface area contributed by atoms with E-state index < -0.39 is 0 Å². The van der Waals surface area contributed by atoms with Gasteiger partial charge in [0.2, 0.25) is 0 Å². The molecule has 0 aliphatic rings. The van der Waals surface area contributed by atoms with Crippen LogP contribution in [-0.4, -0.2) is 20.2 Å². The van der Waals surface area contributed by atoms with Crippen LogP contribution in [0.25, 0.3) is 0 Å². The Bertz CT molecular complexity index is 628. The van der Waals surface area contributed by atoms with Crippen LogP contribution >= 0.6 is 11.6 Å². The number of hydrogen-bond donors (Lipinski definition) is 1. The Kier molecular flexibility index (Phi) is 5.67. The number of esters is 1. The quantitative estimate of drug-likeness (QED) is 0.815. The second-order valence-electron chi connectivity index (χ2n) is 4.76. The van der Waals surface area contributed by atoms with Crippen molar-refractivity contribution in [2.75, 3.05) is 19.5 Å². The third-order valence-corrected chi connectivity index (χ3v) is 3.52. The highest BCUT2D eigenvalue weighted by Gasteiger charge is 2.17. The number of hydrogen-bond acceptors (Lipinski definition) is 4. The van der Waals surface area contributed by atoms with Crippen molar-refractivity contribution in [2.45, 2.75) is 12.5 Å². The van der Waals surface area contributed by atoms with Gasteiger partial charge in [-0.2, -0.15) is 0 Å². The van der Waals surface area contributed by atoms with Crippen molar-refractivity contribution in [3.8, 4) is 5.75 Å². The lowest BCUT2D eigenvalue weighted by Gasteiger charge is -2.20. The smallest absolute Gasteiger partial charge is 0.307 e. The van der Waals surface area contributed by atoms with Gasteiger partial charge < -0.3 is 14.8 Å². The predicted molar refractivity (Wildman–Crippen MR) is 87.4 cm³/mol. The van der Waals surface area contributed by atoms with Gasteiger partial charge in [0.05, 0.1) is 26.7 Å². The van der Waals surface area contributed by atoms with Crippen LogP contribution in [0.4, 0.5) is 5.69 Å². The van der Waals surface area contributed by atoms with Gasteiger partial charge in [-0.15, -0.1) is 0 Å². The van der Waals surface area contributed by atoms with E-state index in [0.717, 1.165) is 17.0 Å². The molecule has 0 aliphatic carbocycles. The minimum Gasteiger partial charge on any atom is -0.497 e. The lowest BCUT2D eigenvalue weighted by atomic mass is 10.0. The number of nitrogens with one attached hydrogen (secondary N) is 1. The molecule has 0 fully saturated rings. The fourth-order valence-electron chi connectivity index (χ4n) is 2.11. The molecule has 0 saturated heterocycles. The van der Waals surface area contributed by atoms with Crippen LogP contribution in [-0.2, 0) is 9.53 Å². The number of carbonyl (C=O) groups excluding carboxylic acids is 1. The van der Waals surface area contributed by atoms with Crippen LogP contribution in [0, 0.1) is 0 Å². The zero-order valence-electron chi connectivity index (χ0n) is 12.5. The molecule has 0 unspecified atom stereocenters. The van der Waals surface area contributed by atoms with Gasteiger partial charge in [0.25, 0.3) is 0 Å². The standard InChI is InChI=1S/C17H18ClNO3/c1-21-15-8-6-14(7-9-15)19-16(11-17(20)22-2)12-4-3-5-13(18)10-12/h3-10,16,19H,11H2,1-2H3/t16-/m0/s1. The first-order valence-electron chi connectivity index (χ1n) is 6.85. The normalized spacial score (nSPS) is 11.6. The molecule has 4 nitrogen and oxygen atoms in total. The molecule has 2 rings (SSSR count). The largest absolute Gasteiger partial charge is 0.497 e. The van der Waals surface area contributed by atoms with Crippen molar-refractivity contribution in [3.63, 3.8) is 0 Å². The maximum absolute atomic E-state index is 11.7. The van der Waals surface area contributed by atoms with Crippen molar-refractivity contribution in [1.82, 2.24) is 0 Å². The van der Waals surface area contributed by atoms with Crippen molar-refractivity contribution in [3.05, 3.63) is 59.1 Å². The molecule has 0 amide bonds. The molecule has 2 aromatic rings. The van der Waals surface area contributed by atoms with Crippen LogP contribution in [0.5, 0.6) is 5.75 Å².